The van der Waals surface area contributed by atoms with Gasteiger partial charge in [-0.1, -0.05) is 6.92 Å². The fraction of sp³-hybridized carbons (Fsp3) is 0.917. The molecule has 1 unspecified atom stereocenters. The third-order valence-electron chi connectivity index (χ3n) is 2.98. The van der Waals surface area contributed by atoms with E-state index < -0.39 is 0 Å². The van der Waals surface area contributed by atoms with Gasteiger partial charge >= 0.3 is 0 Å². The fourth-order valence-corrected chi connectivity index (χ4v) is 2.64. The van der Waals surface area contributed by atoms with Crippen molar-refractivity contribution in [3.63, 3.8) is 0 Å². The van der Waals surface area contributed by atoms with Crippen LogP contribution in [-0.2, 0) is 4.79 Å². The summed E-state index contributed by atoms with van der Waals surface area (Å²) >= 11 is 1.86. The summed E-state index contributed by atoms with van der Waals surface area (Å²) in [5.74, 6) is 2.24. The minimum Gasteiger partial charge on any atom is -0.352 e. The van der Waals surface area contributed by atoms with Crippen LogP contribution in [0.15, 0.2) is 0 Å². The van der Waals surface area contributed by atoms with Crippen LogP contribution >= 0.6 is 11.8 Å². The highest BCUT2D eigenvalue weighted by Gasteiger charge is 2.18. The molecule has 5 heteroatoms. The predicted molar refractivity (Wildman–Crippen MR) is 74.3 cm³/mol. The number of carbonyl (C=O) groups is 1. The Hall–Kier alpha value is -0.260. The molecule has 3 N–H and O–H groups in total. The van der Waals surface area contributed by atoms with E-state index in [0.717, 1.165) is 37.4 Å². The number of thioether (sulfide) groups is 1. The standard InChI is InChI=1S/C12H25N3OS/c1-3-17-9-10(2)14-12(16)8-15-6-4-11(13)5-7-15/h10-11H,3-9,13H2,1-2H3,(H,14,16). The van der Waals surface area contributed by atoms with Gasteiger partial charge < -0.3 is 11.1 Å². The molecule has 17 heavy (non-hydrogen) atoms. The SMILES string of the molecule is CCSCC(C)NC(=O)CN1CCC(N)CC1. The van der Waals surface area contributed by atoms with Crippen molar-refractivity contribution in [2.24, 2.45) is 5.73 Å². The first-order chi connectivity index (χ1) is 8.11. The van der Waals surface area contributed by atoms with Crippen LogP contribution in [0.2, 0.25) is 0 Å². The zero-order valence-electron chi connectivity index (χ0n) is 10.9. The van der Waals surface area contributed by atoms with Gasteiger partial charge in [0.05, 0.1) is 6.54 Å². The molecule has 0 spiro atoms. The summed E-state index contributed by atoms with van der Waals surface area (Å²) in [6, 6.07) is 0.591. The lowest BCUT2D eigenvalue weighted by Crippen LogP contribution is -2.46. The molecule has 1 amide bonds. The Bertz CT molecular complexity index is 230. The van der Waals surface area contributed by atoms with Gasteiger partial charge in [-0.3, -0.25) is 9.69 Å². The van der Waals surface area contributed by atoms with Crippen molar-refractivity contribution in [3.05, 3.63) is 0 Å². The van der Waals surface area contributed by atoms with E-state index in [0.29, 0.717) is 12.6 Å². The Labute approximate surface area is 109 Å². The lowest BCUT2D eigenvalue weighted by molar-refractivity contribution is -0.122. The molecule has 1 saturated heterocycles. The van der Waals surface area contributed by atoms with Gasteiger partial charge in [-0.15, -0.1) is 0 Å². The lowest BCUT2D eigenvalue weighted by Gasteiger charge is -2.29. The van der Waals surface area contributed by atoms with Gasteiger partial charge in [-0.2, -0.15) is 11.8 Å². The first kappa shape index (κ1) is 14.8. The molecule has 1 heterocycles. The number of likely N-dealkylation sites (tertiary alicyclic amines) is 1. The van der Waals surface area contributed by atoms with Crippen LogP contribution in [0, 0.1) is 0 Å². The molecule has 1 atom stereocenters. The zero-order valence-corrected chi connectivity index (χ0v) is 11.8. The minimum absolute atomic E-state index is 0.143. The van der Waals surface area contributed by atoms with Gasteiger partial charge in [-0.05, 0) is 25.5 Å². The molecule has 1 aliphatic rings. The van der Waals surface area contributed by atoms with Crippen LogP contribution in [0.4, 0.5) is 0 Å². The summed E-state index contributed by atoms with van der Waals surface area (Å²) in [6.07, 6.45) is 2.02. The summed E-state index contributed by atoms with van der Waals surface area (Å²) in [4.78, 5) is 14.0. The first-order valence-corrected chi connectivity index (χ1v) is 7.62. The van der Waals surface area contributed by atoms with E-state index in [9.17, 15) is 4.79 Å². The molecule has 0 saturated carbocycles. The van der Waals surface area contributed by atoms with Crippen LogP contribution in [0.1, 0.15) is 26.7 Å². The quantitative estimate of drug-likeness (QED) is 0.736. The molecule has 4 nitrogen and oxygen atoms in total. The van der Waals surface area contributed by atoms with E-state index in [1.165, 1.54) is 0 Å². The molecular weight excluding hydrogens is 234 g/mol. The maximum Gasteiger partial charge on any atom is 0.234 e. The number of hydrogen-bond acceptors (Lipinski definition) is 4. The van der Waals surface area contributed by atoms with Crippen molar-refractivity contribution in [3.8, 4) is 0 Å². The Morgan fingerprint density at radius 1 is 1.53 bits per heavy atom. The number of nitrogens with one attached hydrogen (secondary N) is 1. The van der Waals surface area contributed by atoms with Crippen molar-refractivity contribution in [1.29, 1.82) is 0 Å². The van der Waals surface area contributed by atoms with Gasteiger partial charge in [0.15, 0.2) is 0 Å². The van der Waals surface area contributed by atoms with Crippen LogP contribution in [0.5, 0.6) is 0 Å². The average Bonchev–Trinajstić information content (AvgIpc) is 2.29. The van der Waals surface area contributed by atoms with Gasteiger partial charge in [0.2, 0.25) is 5.91 Å². The van der Waals surface area contributed by atoms with Crippen molar-refractivity contribution in [2.45, 2.75) is 38.8 Å². The Morgan fingerprint density at radius 3 is 2.76 bits per heavy atom. The summed E-state index contributed by atoms with van der Waals surface area (Å²) in [5, 5.41) is 3.04. The van der Waals surface area contributed by atoms with Crippen LogP contribution < -0.4 is 11.1 Å². The number of rotatable bonds is 6. The van der Waals surface area contributed by atoms with Gasteiger partial charge in [0, 0.05) is 30.9 Å². The zero-order chi connectivity index (χ0) is 12.7. The lowest BCUT2D eigenvalue weighted by atomic mass is 10.1. The summed E-state index contributed by atoms with van der Waals surface area (Å²) in [7, 11) is 0. The van der Waals surface area contributed by atoms with E-state index >= 15 is 0 Å². The molecule has 1 fully saturated rings. The maximum atomic E-state index is 11.8. The van der Waals surface area contributed by atoms with Crippen molar-refractivity contribution in [2.75, 3.05) is 31.1 Å². The van der Waals surface area contributed by atoms with Gasteiger partial charge in [-0.25, -0.2) is 0 Å². The smallest absolute Gasteiger partial charge is 0.234 e. The second-order valence-corrected chi connectivity index (χ2v) is 6.06. The number of amides is 1. The monoisotopic (exact) mass is 259 g/mol. The maximum absolute atomic E-state index is 11.8. The summed E-state index contributed by atoms with van der Waals surface area (Å²) in [6.45, 7) is 6.62. The first-order valence-electron chi connectivity index (χ1n) is 6.46. The number of nitrogens with zero attached hydrogens (tertiary/aromatic N) is 1. The molecule has 0 aromatic carbocycles. The second kappa shape index (κ2) is 7.95. The third-order valence-corrected chi connectivity index (χ3v) is 4.12. The topological polar surface area (TPSA) is 58.4 Å². The Morgan fingerprint density at radius 2 is 2.18 bits per heavy atom. The van der Waals surface area contributed by atoms with E-state index in [4.69, 9.17) is 5.73 Å². The highest BCUT2D eigenvalue weighted by Crippen LogP contribution is 2.07. The minimum atomic E-state index is 0.143. The average molecular weight is 259 g/mol. The molecule has 0 aromatic rings. The Kier molecular flexibility index (Phi) is 6.92. The Balaban J connectivity index is 2.16. The summed E-state index contributed by atoms with van der Waals surface area (Å²) in [5.41, 5.74) is 5.83. The molecule has 0 aromatic heterocycles. The van der Waals surface area contributed by atoms with E-state index in [2.05, 4.69) is 24.1 Å². The number of nitrogens with two attached hydrogens (primary N) is 1. The normalized spacial score (nSPS) is 20.2. The molecule has 100 valence electrons. The third kappa shape index (κ3) is 6.29. The van der Waals surface area contributed by atoms with Crippen molar-refractivity contribution >= 4 is 17.7 Å². The number of piperidine rings is 1. The molecule has 1 rings (SSSR count). The van der Waals surface area contributed by atoms with Crippen molar-refractivity contribution < 1.29 is 4.79 Å². The molecule has 0 aliphatic carbocycles. The fourth-order valence-electron chi connectivity index (χ4n) is 1.97. The highest BCUT2D eigenvalue weighted by molar-refractivity contribution is 7.99. The molecular formula is C12H25N3OS. The highest BCUT2D eigenvalue weighted by atomic mass is 32.2. The molecule has 0 bridgehead atoms. The van der Waals surface area contributed by atoms with Crippen LogP contribution in [0.25, 0.3) is 0 Å². The summed E-state index contributed by atoms with van der Waals surface area (Å²) < 4.78 is 0. The molecule has 0 radical (unpaired) electrons. The van der Waals surface area contributed by atoms with E-state index in [-0.39, 0.29) is 11.9 Å². The predicted octanol–water partition coefficient (Wildman–Crippen LogP) is 0.667. The van der Waals surface area contributed by atoms with Gasteiger partial charge in [0.25, 0.3) is 0 Å². The number of carbonyl (C=O) groups excluding carboxylic acids is 1. The second-order valence-electron chi connectivity index (χ2n) is 4.74. The van der Waals surface area contributed by atoms with E-state index in [1.807, 2.05) is 11.8 Å². The number of hydrogen-bond donors (Lipinski definition) is 2. The largest absolute Gasteiger partial charge is 0.352 e. The van der Waals surface area contributed by atoms with E-state index in [1.54, 1.807) is 0 Å². The van der Waals surface area contributed by atoms with Crippen molar-refractivity contribution in [1.82, 2.24) is 10.2 Å². The van der Waals surface area contributed by atoms with Crippen LogP contribution in [0.3, 0.4) is 0 Å². The molecule has 1 aliphatic heterocycles. The van der Waals surface area contributed by atoms with Crippen LogP contribution in [-0.4, -0.2) is 54.0 Å². The van der Waals surface area contributed by atoms with Gasteiger partial charge in [0.1, 0.15) is 0 Å².